The van der Waals surface area contributed by atoms with Crippen LogP contribution in [0.2, 0.25) is 5.02 Å². The van der Waals surface area contributed by atoms with Crippen LogP contribution in [0.25, 0.3) is 0 Å². The van der Waals surface area contributed by atoms with Gasteiger partial charge >= 0.3 is 6.01 Å². The molecule has 0 fully saturated rings. The first-order valence-electron chi connectivity index (χ1n) is 6.20. The third kappa shape index (κ3) is 4.14. The van der Waals surface area contributed by atoms with Gasteiger partial charge in [-0.15, -0.1) is 0 Å². The maximum absolute atomic E-state index is 13.1. The minimum absolute atomic E-state index is 0.00585. The van der Waals surface area contributed by atoms with Crippen molar-refractivity contribution < 1.29 is 9.13 Å². The number of nitrogen functional groups attached to an aromatic ring is 1. The number of hydrogen-bond acceptors (Lipinski definition) is 7. The number of halogens is 2. The highest BCUT2D eigenvalue weighted by molar-refractivity contribution is 6.31. The zero-order valence-electron chi connectivity index (χ0n) is 11.2. The Bertz CT molecular complexity index is 627. The Morgan fingerprint density at radius 1 is 1.29 bits per heavy atom. The van der Waals surface area contributed by atoms with Gasteiger partial charge in [0.1, 0.15) is 5.82 Å². The second-order valence-corrected chi connectivity index (χ2v) is 4.42. The number of nitrogens with one attached hydrogen (secondary N) is 2. The normalized spacial score (nSPS) is 10.3. The van der Waals surface area contributed by atoms with E-state index in [0.29, 0.717) is 12.3 Å². The zero-order chi connectivity index (χ0) is 15.2. The highest BCUT2D eigenvalue weighted by Gasteiger charge is 2.08. The van der Waals surface area contributed by atoms with Gasteiger partial charge in [-0.2, -0.15) is 15.0 Å². The van der Waals surface area contributed by atoms with Crippen molar-refractivity contribution in [3.63, 3.8) is 0 Å². The summed E-state index contributed by atoms with van der Waals surface area (Å²) >= 11 is 5.71. The van der Waals surface area contributed by atoms with Crippen molar-refractivity contribution in [2.45, 2.75) is 13.3 Å². The topological polar surface area (TPSA) is 98.0 Å². The Morgan fingerprint density at radius 2 is 2.05 bits per heavy atom. The highest BCUT2D eigenvalue weighted by atomic mass is 35.5. The average Bonchev–Trinajstić information content (AvgIpc) is 2.48. The van der Waals surface area contributed by atoms with Crippen molar-refractivity contribution in [2.24, 2.45) is 5.84 Å². The number of nitrogens with zero attached hydrogens (tertiary/aromatic N) is 3. The third-order valence-corrected chi connectivity index (χ3v) is 2.64. The molecular formula is C12H14ClFN6O. The number of hydrazine groups is 1. The lowest BCUT2D eigenvalue weighted by atomic mass is 10.3. The molecule has 21 heavy (non-hydrogen) atoms. The molecule has 0 bridgehead atoms. The molecule has 2 rings (SSSR count). The van der Waals surface area contributed by atoms with Gasteiger partial charge in [-0.1, -0.05) is 18.5 Å². The molecule has 0 atom stereocenters. The van der Waals surface area contributed by atoms with Crippen LogP contribution in [0.1, 0.15) is 13.3 Å². The van der Waals surface area contributed by atoms with E-state index in [0.717, 1.165) is 6.42 Å². The fraction of sp³-hybridized carbons (Fsp3) is 0.250. The van der Waals surface area contributed by atoms with Gasteiger partial charge in [0.05, 0.1) is 11.6 Å². The number of rotatable bonds is 6. The summed E-state index contributed by atoms with van der Waals surface area (Å²) in [4.78, 5) is 12.1. The summed E-state index contributed by atoms with van der Waals surface area (Å²) in [7, 11) is 0. The van der Waals surface area contributed by atoms with Gasteiger partial charge in [0.2, 0.25) is 11.9 Å². The Hall–Kier alpha value is -2.19. The number of ether oxygens (including phenoxy) is 1. The van der Waals surface area contributed by atoms with Gasteiger partial charge in [0.15, 0.2) is 0 Å². The monoisotopic (exact) mass is 312 g/mol. The van der Waals surface area contributed by atoms with E-state index in [4.69, 9.17) is 22.2 Å². The molecule has 1 aromatic heterocycles. The lowest BCUT2D eigenvalue weighted by Crippen LogP contribution is -2.13. The van der Waals surface area contributed by atoms with E-state index in [-0.39, 0.29) is 22.9 Å². The molecule has 9 heteroatoms. The van der Waals surface area contributed by atoms with Crippen molar-refractivity contribution >= 4 is 29.2 Å². The fourth-order valence-electron chi connectivity index (χ4n) is 1.44. The second kappa shape index (κ2) is 7.00. The molecule has 0 spiro atoms. The third-order valence-electron chi connectivity index (χ3n) is 2.36. The maximum atomic E-state index is 13.1. The van der Waals surface area contributed by atoms with E-state index in [1.54, 1.807) is 0 Å². The second-order valence-electron chi connectivity index (χ2n) is 4.01. The first-order valence-corrected chi connectivity index (χ1v) is 6.57. The quantitative estimate of drug-likeness (QED) is 0.556. The summed E-state index contributed by atoms with van der Waals surface area (Å²) < 4.78 is 18.4. The number of anilines is 3. The van der Waals surface area contributed by atoms with Gasteiger partial charge in [-0.3, -0.25) is 5.43 Å². The van der Waals surface area contributed by atoms with Crippen LogP contribution in [0.15, 0.2) is 18.2 Å². The summed E-state index contributed by atoms with van der Waals surface area (Å²) in [5, 5.41) is 2.87. The first-order chi connectivity index (χ1) is 10.1. The molecule has 0 amide bonds. The molecule has 1 heterocycles. The van der Waals surface area contributed by atoms with Crippen LogP contribution < -0.4 is 21.3 Å². The summed E-state index contributed by atoms with van der Waals surface area (Å²) in [5.74, 6) is 5.14. The molecule has 0 saturated heterocycles. The summed E-state index contributed by atoms with van der Waals surface area (Å²) in [6.07, 6.45) is 0.813. The van der Waals surface area contributed by atoms with Crippen LogP contribution >= 0.6 is 11.6 Å². The van der Waals surface area contributed by atoms with E-state index < -0.39 is 5.82 Å². The zero-order valence-corrected chi connectivity index (χ0v) is 12.0. The van der Waals surface area contributed by atoms with Crippen LogP contribution in [0.4, 0.5) is 22.0 Å². The van der Waals surface area contributed by atoms with E-state index >= 15 is 0 Å². The predicted octanol–water partition coefficient (Wildman–Crippen LogP) is 2.48. The van der Waals surface area contributed by atoms with Crippen LogP contribution in [0.3, 0.4) is 0 Å². The van der Waals surface area contributed by atoms with Gasteiger partial charge in [0, 0.05) is 5.69 Å². The summed E-state index contributed by atoms with van der Waals surface area (Å²) in [6, 6.07) is 4.30. The fourth-order valence-corrected chi connectivity index (χ4v) is 1.62. The van der Waals surface area contributed by atoms with Crippen molar-refractivity contribution in [1.29, 1.82) is 0 Å². The Balaban J connectivity index is 2.23. The molecule has 7 nitrogen and oxygen atoms in total. The molecule has 0 aliphatic heterocycles. The number of nitrogens with two attached hydrogens (primary N) is 1. The van der Waals surface area contributed by atoms with Crippen molar-refractivity contribution in [3.05, 3.63) is 29.0 Å². The Kier molecular flexibility index (Phi) is 5.07. The Labute approximate surface area is 125 Å². The van der Waals surface area contributed by atoms with E-state index in [9.17, 15) is 4.39 Å². The van der Waals surface area contributed by atoms with Gasteiger partial charge < -0.3 is 10.1 Å². The van der Waals surface area contributed by atoms with Crippen LogP contribution in [-0.4, -0.2) is 21.6 Å². The molecule has 0 saturated carbocycles. The summed E-state index contributed by atoms with van der Waals surface area (Å²) in [5.41, 5.74) is 2.85. The van der Waals surface area contributed by atoms with Crippen molar-refractivity contribution in [2.75, 3.05) is 17.3 Å². The van der Waals surface area contributed by atoms with E-state index in [1.165, 1.54) is 18.2 Å². The lowest BCUT2D eigenvalue weighted by Gasteiger charge is -2.09. The largest absolute Gasteiger partial charge is 0.463 e. The van der Waals surface area contributed by atoms with Gasteiger partial charge in [-0.25, -0.2) is 10.2 Å². The number of aromatic nitrogens is 3. The van der Waals surface area contributed by atoms with Gasteiger partial charge in [-0.05, 0) is 24.6 Å². The highest BCUT2D eigenvalue weighted by Crippen LogP contribution is 2.22. The van der Waals surface area contributed by atoms with E-state index in [2.05, 4.69) is 25.7 Å². The van der Waals surface area contributed by atoms with Crippen molar-refractivity contribution in [3.8, 4) is 6.01 Å². The SMILES string of the molecule is CCCOc1nc(NN)nc(Nc2ccc(F)c(Cl)c2)n1. The molecule has 4 N–H and O–H groups in total. The number of benzene rings is 1. The average molecular weight is 313 g/mol. The van der Waals surface area contributed by atoms with Crippen LogP contribution in [-0.2, 0) is 0 Å². The minimum Gasteiger partial charge on any atom is -0.463 e. The molecular weight excluding hydrogens is 299 g/mol. The van der Waals surface area contributed by atoms with E-state index in [1.807, 2.05) is 6.92 Å². The molecule has 2 aromatic rings. The molecule has 0 aliphatic carbocycles. The molecule has 112 valence electrons. The Morgan fingerprint density at radius 3 is 2.71 bits per heavy atom. The predicted molar refractivity (Wildman–Crippen MR) is 78.1 cm³/mol. The number of hydrogen-bond donors (Lipinski definition) is 3. The minimum atomic E-state index is -0.505. The van der Waals surface area contributed by atoms with Crippen LogP contribution in [0.5, 0.6) is 6.01 Å². The smallest absolute Gasteiger partial charge is 0.323 e. The maximum Gasteiger partial charge on any atom is 0.323 e. The molecule has 0 aliphatic rings. The van der Waals surface area contributed by atoms with Gasteiger partial charge in [0.25, 0.3) is 0 Å². The molecule has 1 aromatic carbocycles. The lowest BCUT2D eigenvalue weighted by molar-refractivity contribution is 0.292. The van der Waals surface area contributed by atoms with Crippen molar-refractivity contribution in [1.82, 2.24) is 15.0 Å². The molecule has 0 unspecified atom stereocenters. The summed E-state index contributed by atoms with van der Waals surface area (Å²) in [6.45, 7) is 2.43. The first kappa shape index (κ1) is 15.2. The molecule has 0 radical (unpaired) electrons. The van der Waals surface area contributed by atoms with Crippen LogP contribution in [0, 0.1) is 5.82 Å². The standard InChI is InChI=1S/C12H14ClFN6O/c1-2-5-21-12-18-10(17-11(19-12)20-15)16-7-3-4-9(14)8(13)6-7/h3-4,6H,2,5,15H2,1H3,(H2,16,17,18,19,20).